The van der Waals surface area contributed by atoms with Crippen molar-refractivity contribution in [3.63, 3.8) is 0 Å². The minimum atomic E-state index is 0.282. The van der Waals surface area contributed by atoms with Gasteiger partial charge in [0.05, 0.1) is 0 Å². The van der Waals surface area contributed by atoms with Gasteiger partial charge in [0.15, 0.2) is 0 Å². The molecule has 0 aromatic rings. The van der Waals surface area contributed by atoms with Crippen LogP contribution < -0.4 is 5.73 Å². The molecule has 0 heterocycles. The molecule has 0 aliphatic rings. The summed E-state index contributed by atoms with van der Waals surface area (Å²) >= 11 is 0. The summed E-state index contributed by atoms with van der Waals surface area (Å²) in [5.41, 5.74) is 5.52. The van der Waals surface area contributed by atoms with E-state index in [2.05, 4.69) is 0 Å². The fourth-order valence-electron chi connectivity index (χ4n) is 0.840. The van der Waals surface area contributed by atoms with E-state index < -0.39 is 0 Å². The van der Waals surface area contributed by atoms with Gasteiger partial charge in [0.25, 0.3) is 0 Å². The Labute approximate surface area is 62.8 Å². The molecule has 2 heteroatoms. The Balaban J connectivity index is 2.98. The largest absolute Gasteiger partial charge is 0.328 e. The lowest BCUT2D eigenvalue weighted by atomic mass is 10.1. The Morgan fingerprint density at radius 3 is 2.50 bits per heavy atom. The van der Waals surface area contributed by atoms with Gasteiger partial charge in [-0.2, -0.15) is 0 Å². The Bertz CT molecular complexity index is 99.4. The molecule has 10 heavy (non-hydrogen) atoms. The van der Waals surface area contributed by atoms with Crippen LogP contribution in [0, 0.1) is 0 Å². The number of carbonyl (C=O) groups is 1. The predicted octanol–water partition coefficient (Wildman–Crippen LogP) is 1.48. The normalized spacial score (nSPS) is 13.1. The molecule has 0 spiro atoms. The summed E-state index contributed by atoms with van der Waals surface area (Å²) in [6.07, 6.45) is 3.83. The highest BCUT2D eigenvalue weighted by molar-refractivity contribution is 5.75. The van der Waals surface area contributed by atoms with Crippen LogP contribution in [0.2, 0.25) is 0 Å². The van der Waals surface area contributed by atoms with Crippen molar-refractivity contribution in [1.29, 1.82) is 0 Å². The molecule has 1 atom stereocenters. The summed E-state index contributed by atoms with van der Waals surface area (Å²) in [7, 11) is 0. The zero-order chi connectivity index (χ0) is 7.98. The lowest BCUT2D eigenvalue weighted by molar-refractivity contribution is -0.117. The molecule has 60 valence electrons. The molecule has 0 aliphatic carbocycles. The first-order valence-corrected chi connectivity index (χ1v) is 3.88. The van der Waals surface area contributed by atoms with Gasteiger partial charge in [0.1, 0.15) is 5.78 Å². The zero-order valence-corrected chi connectivity index (χ0v) is 6.89. The summed E-state index contributed by atoms with van der Waals surface area (Å²) in [6.45, 7) is 3.62. The van der Waals surface area contributed by atoms with Crippen LogP contribution in [-0.4, -0.2) is 11.8 Å². The van der Waals surface area contributed by atoms with Gasteiger partial charge in [0, 0.05) is 12.5 Å². The van der Waals surface area contributed by atoms with Gasteiger partial charge in [-0.3, -0.25) is 0 Å². The highest BCUT2D eigenvalue weighted by Crippen LogP contribution is 2.01. The van der Waals surface area contributed by atoms with Crippen molar-refractivity contribution in [1.82, 2.24) is 0 Å². The van der Waals surface area contributed by atoms with Crippen LogP contribution in [-0.2, 0) is 4.79 Å². The summed E-state index contributed by atoms with van der Waals surface area (Å²) < 4.78 is 0. The van der Waals surface area contributed by atoms with E-state index >= 15 is 0 Å². The molecule has 0 bridgehead atoms. The molecular formula is C8H17NO. The predicted molar refractivity (Wildman–Crippen MR) is 42.8 cm³/mol. The van der Waals surface area contributed by atoms with Crippen LogP contribution >= 0.6 is 0 Å². The Morgan fingerprint density at radius 1 is 1.50 bits per heavy atom. The van der Waals surface area contributed by atoms with E-state index in [4.69, 9.17) is 5.73 Å². The van der Waals surface area contributed by atoms with Crippen molar-refractivity contribution in [2.24, 2.45) is 5.73 Å². The third-order valence-corrected chi connectivity index (χ3v) is 1.44. The fourth-order valence-corrected chi connectivity index (χ4v) is 0.840. The molecule has 0 rings (SSSR count). The minimum absolute atomic E-state index is 0.282. The van der Waals surface area contributed by atoms with Crippen LogP contribution in [0.15, 0.2) is 0 Å². The molecule has 0 radical (unpaired) electrons. The zero-order valence-electron chi connectivity index (χ0n) is 6.89. The smallest absolute Gasteiger partial charge is 0.129 e. The number of hydrogen-bond donors (Lipinski definition) is 1. The van der Waals surface area contributed by atoms with Gasteiger partial charge in [-0.15, -0.1) is 0 Å². The average molecular weight is 143 g/mol. The first-order valence-electron chi connectivity index (χ1n) is 3.88. The van der Waals surface area contributed by atoms with E-state index in [1.54, 1.807) is 6.92 Å². The summed E-state index contributed by atoms with van der Waals surface area (Å²) in [4.78, 5) is 10.5. The first kappa shape index (κ1) is 9.63. The topological polar surface area (TPSA) is 43.1 Å². The van der Waals surface area contributed by atoms with Gasteiger partial charge < -0.3 is 10.5 Å². The van der Waals surface area contributed by atoms with Gasteiger partial charge in [0.2, 0.25) is 0 Å². The van der Waals surface area contributed by atoms with Crippen molar-refractivity contribution in [2.75, 3.05) is 0 Å². The third-order valence-electron chi connectivity index (χ3n) is 1.44. The SMILES string of the molecule is CC(=O)CCCCC(C)N. The van der Waals surface area contributed by atoms with E-state index in [1.165, 1.54) is 0 Å². The van der Waals surface area contributed by atoms with Crippen LogP contribution in [0.1, 0.15) is 39.5 Å². The third kappa shape index (κ3) is 7.63. The summed E-state index contributed by atoms with van der Waals surface area (Å²) in [5, 5.41) is 0. The Morgan fingerprint density at radius 2 is 2.10 bits per heavy atom. The highest BCUT2D eigenvalue weighted by atomic mass is 16.1. The molecular weight excluding hydrogens is 126 g/mol. The number of hydrogen-bond acceptors (Lipinski definition) is 2. The fraction of sp³-hybridized carbons (Fsp3) is 0.875. The van der Waals surface area contributed by atoms with E-state index in [0.717, 1.165) is 19.3 Å². The molecule has 1 unspecified atom stereocenters. The van der Waals surface area contributed by atoms with Gasteiger partial charge in [-0.25, -0.2) is 0 Å². The summed E-state index contributed by atoms with van der Waals surface area (Å²) in [5.74, 6) is 0.282. The minimum Gasteiger partial charge on any atom is -0.328 e. The maximum absolute atomic E-state index is 10.5. The molecule has 0 saturated heterocycles. The highest BCUT2D eigenvalue weighted by Gasteiger charge is 1.95. The molecule has 2 nitrogen and oxygen atoms in total. The maximum atomic E-state index is 10.5. The Kier molecular flexibility index (Phi) is 5.22. The van der Waals surface area contributed by atoms with Crippen molar-refractivity contribution >= 4 is 5.78 Å². The van der Waals surface area contributed by atoms with Crippen LogP contribution in [0.5, 0.6) is 0 Å². The lowest BCUT2D eigenvalue weighted by Gasteiger charge is -2.02. The van der Waals surface area contributed by atoms with E-state index in [0.29, 0.717) is 6.42 Å². The monoisotopic (exact) mass is 143 g/mol. The number of carbonyl (C=O) groups excluding carboxylic acids is 1. The molecule has 2 N–H and O–H groups in total. The van der Waals surface area contributed by atoms with Crippen molar-refractivity contribution < 1.29 is 4.79 Å². The number of nitrogens with two attached hydrogens (primary N) is 1. The van der Waals surface area contributed by atoms with E-state index in [1.807, 2.05) is 6.92 Å². The summed E-state index contributed by atoms with van der Waals surface area (Å²) in [6, 6.07) is 0.284. The number of unbranched alkanes of at least 4 members (excludes halogenated alkanes) is 1. The molecule has 0 amide bonds. The molecule has 0 saturated carbocycles. The van der Waals surface area contributed by atoms with Crippen LogP contribution in [0.4, 0.5) is 0 Å². The second-order valence-electron chi connectivity index (χ2n) is 2.93. The van der Waals surface area contributed by atoms with Crippen molar-refractivity contribution in [3.05, 3.63) is 0 Å². The number of Topliss-reactive ketones (excluding diaryl/α,β-unsaturated/α-hetero) is 1. The molecule has 0 aliphatic heterocycles. The number of ketones is 1. The van der Waals surface area contributed by atoms with Crippen LogP contribution in [0.25, 0.3) is 0 Å². The maximum Gasteiger partial charge on any atom is 0.129 e. The molecule has 0 fully saturated rings. The molecule has 0 aromatic carbocycles. The van der Waals surface area contributed by atoms with Gasteiger partial charge in [-0.05, 0) is 26.7 Å². The Hall–Kier alpha value is -0.370. The van der Waals surface area contributed by atoms with Gasteiger partial charge in [-0.1, -0.05) is 6.42 Å². The average Bonchev–Trinajstić information content (AvgIpc) is 1.79. The lowest BCUT2D eigenvalue weighted by Crippen LogP contribution is -2.14. The standard InChI is InChI=1S/C8H17NO/c1-7(9)5-3-4-6-8(2)10/h7H,3-6,9H2,1-2H3. The van der Waals surface area contributed by atoms with Crippen LogP contribution in [0.3, 0.4) is 0 Å². The van der Waals surface area contributed by atoms with Gasteiger partial charge >= 0.3 is 0 Å². The van der Waals surface area contributed by atoms with Crippen molar-refractivity contribution in [2.45, 2.75) is 45.6 Å². The van der Waals surface area contributed by atoms with E-state index in [9.17, 15) is 4.79 Å². The molecule has 0 aromatic heterocycles. The van der Waals surface area contributed by atoms with Crippen molar-refractivity contribution in [3.8, 4) is 0 Å². The number of rotatable bonds is 5. The van der Waals surface area contributed by atoms with E-state index in [-0.39, 0.29) is 11.8 Å². The second-order valence-corrected chi connectivity index (χ2v) is 2.93. The first-order chi connectivity index (χ1) is 4.63. The quantitative estimate of drug-likeness (QED) is 0.592. The second kappa shape index (κ2) is 5.42.